The lowest BCUT2D eigenvalue weighted by atomic mass is 9.97. The highest BCUT2D eigenvalue weighted by atomic mass is 32.1. The molecule has 2 saturated heterocycles. The smallest absolute Gasteiger partial charge is 0.315 e. The number of likely N-dealkylation sites (tertiary alicyclic amines) is 1. The van der Waals surface area contributed by atoms with Crippen LogP contribution < -0.4 is 15.5 Å². The summed E-state index contributed by atoms with van der Waals surface area (Å²) in [5.41, 5.74) is 0.993. The maximum Gasteiger partial charge on any atom is 0.315 e. The summed E-state index contributed by atoms with van der Waals surface area (Å²) in [5.74, 6) is 1.76. The number of aromatic nitrogens is 1. The van der Waals surface area contributed by atoms with E-state index in [1.165, 1.54) is 17.7 Å². The molecule has 2 N–H and O–H groups in total. The van der Waals surface area contributed by atoms with E-state index in [0.717, 1.165) is 56.7 Å². The van der Waals surface area contributed by atoms with Gasteiger partial charge in [0.1, 0.15) is 5.82 Å². The molecule has 0 aromatic carbocycles. The van der Waals surface area contributed by atoms with Gasteiger partial charge >= 0.3 is 6.03 Å². The van der Waals surface area contributed by atoms with Crippen LogP contribution in [0.4, 0.5) is 10.6 Å². The Balaban J connectivity index is 1.25. The second-order valence-corrected chi connectivity index (χ2v) is 9.42. The molecule has 0 bridgehead atoms. The van der Waals surface area contributed by atoms with Crippen molar-refractivity contribution in [2.75, 3.05) is 50.8 Å². The number of nitrogens with zero attached hydrogens (tertiary/aromatic N) is 3. The van der Waals surface area contributed by atoms with E-state index in [2.05, 4.69) is 49.9 Å². The number of carbonyl (C=O) groups is 1. The Kier molecular flexibility index (Phi) is 7.77. The predicted octanol–water partition coefficient (Wildman–Crippen LogP) is 3.25. The zero-order chi connectivity index (χ0) is 21.5. The van der Waals surface area contributed by atoms with Gasteiger partial charge in [0.25, 0.3) is 0 Å². The van der Waals surface area contributed by atoms with Gasteiger partial charge in [-0.1, -0.05) is 19.1 Å². The van der Waals surface area contributed by atoms with Crippen molar-refractivity contribution < 1.29 is 9.53 Å². The number of morpholine rings is 1. The molecule has 2 fully saturated rings. The summed E-state index contributed by atoms with van der Waals surface area (Å²) in [6.07, 6.45) is 4.29. The Morgan fingerprint density at radius 3 is 2.68 bits per heavy atom. The van der Waals surface area contributed by atoms with Gasteiger partial charge in [0, 0.05) is 37.3 Å². The summed E-state index contributed by atoms with van der Waals surface area (Å²) in [7, 11) is 0. The molecule has 7 nitrogen and oxygen atoms in total. The van der Waals surface area contributed by atoms with Crippen LogP contribution in [0.1, 0.15) is 36.2 Å². The first kappa shape index (κ1) is 22.0. The average Bonchev–Trinajstić information content (AvgIpc) is 3.34. The molecular formula is C23H33N5O2S. The summed E-state index contributed by atoms with van der Waals surface area (Å²) in [4.78, 5) is 23.1. The lowest BCUT2D eigenvalue weighted by Crippen LogP contribution is -2.44. The number of hydrogen-bond acceptors (Lipinski definition) is 6. The van der Waals surface area contributed by atoms with Crippen LogP contribution >= 0.6 is 11.3 Å². The van der Waals surface area contributed by atoms with Crippen molar-refractivity contribution >= 4 is 23.2 Å². The zero-order valence-corrected chi connectivity index (χ0v) is 19.1. The highest BCUT2D eigenvalue weighted by Gasteiger charge is 2.25. The number of amides is 2. The first-order valence-corrected chi connectivity index (χ1v) is 12.1. The number of thiophene rings is 1. The minimum atomic E-state index is -0.135. The van der Waals surface area contributed by atoms with Crippen LogP contribution in [0, 0.1) is 5.92 Å². The van der Waals surface area contributed by atoms with Crippen molar-refractivity contribution in [3.63, 3.8) is 0 Å². The van der Waals surface area contributed by atoms with Crippen LogP contribution in [-0.2, 0) is 11.3 Å². The quantitative estimate of drug-likeness (QED) is 0.688. The zero-order valence-electron chi connectivity index (χ0n) is 18.3. The standard InChI is InChI=1S/C23H33N5O2S/c1-18-6-8-27(9-7-18)20(21-3-2-14-31-21)17-26-23(29)25-16-19-4-5-22(24-15-19)28-10-12-30-13-11-28/h2-5,14-15,18,20H,6-13,16-17H2,1H3,(H2,25,26,29). The van der Waals surface area contributed by atoms with Crippen LogP contribution in [0.2, 0.25) is 0 Å². The molecule has 2 aliphatic heterocycles. The van der Waals surface area contributed by atoms with Gasteiger partial charge in [0.15, 0.2) is 0 Å². The fourth-order valence-electron chi connectivity index (χ4n) is 4.17. The number of piperidine rings is 1. The molecule has 0 saturated carbocycles. The Bertz CT molecular complexity index is 800. The number of carbonyl (C=O) groups excluding carboxylic acids is 1. The molecule has 0 radical (unpaired) electrons. The molecule has 0 spiro atoms. The molecule has 4 heterocycles. The molecule has 0 aliphatic carbocycles. The van der Waals surface area contributed by atoms with E-state index in [1.807, 2.05) is 18.3 Å². The minimum Gasteiger partial charge on any atom is -0.378 e. The molecule has 31 heavy (non-hydrogen) atoms. The monoisotopic (exact) mass is 443 g/mol. The number of urea groups is 1. The second-order valence-electron chi connectivity index (χ2n) is 8.44. The minimum absolute atomic E-state index is 0.135. The van der Waals surface area contributed by atoms with E-state index in [9.17, 15) is 4.79 Å². The van der Waals surface area contributed by atoms with Gasteiger partial charge in [0.2, 0.25) is 0 Å². The number of hydrogen-bond donors (Lipinski definition) is 2. The molecule has 2 aromatic rings. The Hall–Kier alpha value is -2.16. The summed E-state index contributed by atoms with van der Waals surface area (Å²) >= 11 is 1.77. The Labute approximate surface area is 188 Å². The molecule has 2 aliphatic rings. The molecule has 168 valence electrons. The largest absolute Gasteiger partial charge is 0.378 e. The molecule has 2 amide bonds. The number of rotatable bonds is 7. The lowest BCUT2D eigenvalue weighted by Gasteiger charge is -2.36. The van der Waals surface area contributed by atoms with Crippen molar-refractivity contribution in [3.05, 3.63) is 46.3 Å². The Morgan fingerprint density at radius 1 is 1.19 bits per heavy atom. The first-order chi connectivity index (χ1) is 15.2. The van der Waals surface area contributed by atoms with Crippen molar-refractivity contribution in [2.24, 2.45) is 5.92 Å². The molecule has 1 unspecified atom stereocenters. The van der Waals surface area contributed by atoms with Gasteiger partial charge < -0.3 is 20.3 Å². The van der Waals surface area contributed by atoms with Crippen LogP contribution in [0.3, 0.4) is 0 Å². The third-order valence-corrected chi connectivity index (χ3v) is 7.16. The lowest BCUT2D eigenvalue weighted by molar-refractivity contribution is 0.122. The van der Waals surface area contributed by atoms with Crippen LogP contribution in [-0.4, -0.2) is 61.9 Å². The van der Waals surface area contributed by atoms with E-state index in [-0.39, 0.29) is 12.1 Å². The fraction of sp³-hybridized carbons (Fsp3) is 0.565. The maximum absolute atomic E-state index is 12.5. The average molecular weight is 444 g/mol. The second kappa shape index (κ2) is 10.9. The number of anilines is 1. The summed E-state index contributed by atoms with van der Waals surface area (Å²) in [6, 6.07) is 8.42. The SMILES string of the molecule is CC1CCN(C(CNC(=O)NCc2ccc(N3CCOCC3)nc2)c2cccs2)CC1. The fourth-order valence-corrected chi connectivity index (χ4v) is 5.03. The normalized spacial score (nSPS) is 19.2. The third kappa shape index (κ3) is 6.18. The topological polar surface area (TPSA) is 69.7 Å². The Morgan fingerprint density at radius 2 is 2.00 bits per heavy atom. The molecule has 4 rings (SSSR count). The third-order valence-electron chi connectivity index (χ3n) is 6.18. The van der Waals surface area contributed by atoms with Crippen LogP contribution in [0.5, 0.6) is 0 Å². The molecular weight excluding hydrogens is 410 g/mol. The van der Waals surface area contributed by atoms with E-state index < -0.39 is 0 Å². The van der Waals surface area contributed by atoms with Crippen molar-refractivity contribution in [2.45, 2.75) is 32.4 Å². The van der Waals surface area contributed by atoms with Gasteiger partial charge in [-0.25, -0.2) is 9.78 Å². The van der Waals surface area contributed by atoms with E-state index in [1.54, 1.807) is 11.3 Å². The molecule has 8 heteroatoms. The number of ether oxygens (including phenoxy) is 1. The van der Waals surface area contributed by atoms with Crippen molar-refractivity contribution in [1.82, 2.24) is 20.5 Å². The highest BCUT2D eigenvalue weighted by Crippen LogP contribution is 2.29. The summed E-state index contributed by atoms with van der Waals surface area (Å²) < 4.78 is 5.39. The van der Waals surface area contributed by atoms with E-state index >= 15 is 0 Å². The van der Waals surface area contributed by atoms with E-state index in [0.29, 0.717) is 13.1 Å². The van der Waals surface area contributed by atoms with Gasteiger partial charge in [-0.15, -0.1) is 11.3 Å². The molecule has 1 atom stereocenters. The van der Waals surface area contributed by atoms with Crippen LogP contribution in [0.15, 0.2) is 35.8 Å². The predicted molar refractivity (Wildman–Crippen MR) is 125 cm³/mol. The number of nitrogens with one attached hydrogen (secondary N) is 2. The number of pyridine rings is 1. The summed E-state index contributed by atoms with van der Waals surface area (Å²) in [5, 5.41) is 8.17. The van der Waals surface area contributed by atoms with Gasteiger partial charge in [-0.2, -0.15) is 0 Å². The molecule has 2 aromatic heterocycles. The first-order valence-electron chi connectivity index (χ1n) is 11.3. The summed E-state index contributed by atoms with van der Waals surface area (Å²) in [6.45, 7) is 8.82. The van der Waals surface area contributed by atoms with Crippen molar-refractivity contribution in [1.29, 1.82) is 0 Å². The van der Waals surface area contributed by atoms with Gasteiger partial charge in [-0.3, -0.25) is 4.90 Å². The maximum atomic E-state index is 12.5. The van der Waals surface area contributed by atoms with Crippen LogP contribution in [0.25, 0.3) is 0 Å². The van der Waals surface area contributed by atoms with Gasteiger partial charge in [-0.05, 0) is 54.9 Å². The van der Waals surface area contributed by atoms with Crippen molar-refractivity contribution in [3.8, 4) is 0 Å². The van der Waals surface area contributed by atoms with E-state index in [4.69, 9.17) is 4.74 Å². The van der Waals surface area contributed by atoms with Gasteiger partial charge in [0.05, 0.1) is 19.3 Å². The highest BCUT2D eigenvalue weighted by molar-refractivity contribution is 7.10.